The summed E-state index contributed by atoms with van der Waals surface area (Å²) in [5.74, 6) is 1.54. The Balaban J connectivity index is 1.76. The third-order valence-corrected chi connectivity index (χ3v) is 4.00. The zero-order valence-corrected chi connectivity index (χ0v) is 11.4. The molecule has 1 unspecified atom stereocenters. The normalized spacial score (nSPS) is 16.3. The van der Waals surface area contributed by atoms with Crippen molar-refractivity contribution in [2.75, 3.05) is 12.9 Å². The fourth-order valence-electron chi connectivity index (χ4n) is 1.73. The third kappa shape index (κ3) is 4.35. The van der Waals surface area contributed by atoms with Crippen molar-refractivity contribution in [3.8, 4) is 0 Å². The van der Waals surface area contributed by atoms with Crippen LogP contribution in [0.5, 0.6) is 0 Å². The summed E-state index contributed by atoms with van der Waals surface area (Å²) in [4.78, 5) is 11.6. The van der Waals surface area contributed by atoms with E-state index in [4.69, 9.17) is 4.74 Å². The maximum atomic E-state index is 11.6. The van der Waals surface area contributed by atoms with E-state index in [0.717, 1.165) is 11.5 Å². The van der Waals surface area contributed by atoms with Gasteiger partial charge in [-0.2, -0.15) is 11.8 Å². The molecule has 0 heterocycles. The Morgan fingerprint density at radius 3 is 2.78 bits per heavy atom. The minimum Gasteiger partial charge on any atom is -0.468 e. The predicted octanol–water partition coefficient (Wildman–Crippen LogP) is 2.21. The van der Waals surface area contributed by atoms with Gasteiger partial charge in [-0.15, -0.1) is 0 Å². The fourth-order valence-corrected chi connectivity index (χ4v) is 2.74. The Bertz CT molecular complexity index is 379. The molecule has 1 aromatic carbocycles. The summed E-state index contributed by atoms with van der Waals surface area (Å²) >= 11 is 1.76. The van der Waals surface area contributed by atoms with Crippen LogP contribution in [0.1, 0.15) is 18.4 Å². The predicted molar refractivity (Wildman–Crippen MR) is 74.6 cm³/mol. The molecular formula is C14H19NO2S. The molecule has 0 bridgehead atoms. The molecule has 1 saturated carbocycles. The second kappa shape index (κ2) is 6.81. The molecule has 1 atom stereocenters. The van der Waals surface area contributed by atoms with E-state index in [9.17, 15) is 4.79 Å². The Morgan fingerprint density at radius 2 is 2.17 bits per heavy atom. The van der Waals surface area contributed by atoms with E-state index in [1.165, 1.54) is 25.5 Å². The van der Waals surface area contributed by atoms with Crippen molar-refractivity contribution in [3.63, 3.8) is 0 Å². The Morgan fingerprint density at radius 1 is 1.44 bits per heavy atom. The van der Waals surface area contributed by atoms with Gasteiger partial charge in [-0.1, -0.05) is 30.3 Å². The highest BCUT2D eigenvalue weighted by atomic mass is 32.2. The number of hydrogen-bond donors (Lipinski definition) is 1. The number of hydrogen-bond acceptors (Lipinski definition) is 4. The standard InChI is InChI=1S/C14H19NO2S/c1-17-14(16)13(15-12-7-8-12)10-18-9-11-5-3-2-4-6-11/h2-6,12-13,15H,7-10H2,1H3. The molecule has 2 rings (SSSR count). The zero-order chi connectivity index (χ0) is 12.8. The van der Waals surface area contributed by atoms with E-state index in [0.29, 0.717) is 6.04 Å². The second-order valence-electron chi connectivity index (χ2n) is 4.52. The van der Waals surface area contributed by atoms with Crippen molar-refractivity contribution >= 4 is 17.7 Å². The topological polar surface area (TPSA) is 38.3 Å². The maximum Gasteiger partial charge on any atom is 0.323 e. The lowest BCUT2D eigenvalue weighted by Crippen LogP contribution is -2.41. The first kappa shape index (κ1) is 13.4. The van der Waals surface area contributed by atoms with Crippen LogP contribution in [-0.4, -0.2) is 30.9 Å². The molecule has 1 aliphatic carbocycles. The maximum absolute atomic E-state index is 11.6. The van der Waals surface area contributed by atoms with E-state index in [-0.39, 0.29) is 12.0 Å². The summed E-state index contributed by atoms with van der Waals surface area (Å²) in [7, 11) is 1.45. The van der Waals surface area contributed by atoms with Gasteiger partial charge in [0.2, 0.25) is 0 Å². The van der Waals surface area contributed by atoms with Crippen molar-refractivity contribution in [3.05, 3.63) is 35.9 Å². The van der Waals surface area contributed by atoms with Crippen molar-refractivity contribution in [1.29, 1.82) is 0 Å². The van der Waals surface area contributed by atoms with Gasteiger partial charge in [0.15, 0.2) is 0 Å². The van der Waals surface area contributed by atoms with E-state index in [1.807, 2.05) is 18.2 Å². The molecule has 0 saturated heterocycles. The first-order valence-corrected chi connectivity index (χ1v) is 7.40. The minimum absolute atomic E-state index is 0.150. The summed E-state index contributed by atoms with van der Waals surface area (Å²) in [5.41, 5.74) is 1.29. The Hall–Kier alpha value is -1.00. The average molecular weight is 265 g/mol. The van der Waals surface area contributed by atoms with Gasteiger partial charge in [-0.3, -0.25) is 4.79 Å². The van der Waals surface area contributed by atoms with Gasteiger partial charge in [0.05, 0.1) is 7.11 Å². The van der Waals surface area contributed by atoms with Gasteiger partial charge in [0, 0.05) is 17.5 Å². The molecule has 98 valence electrons. The van der Waals surface area contributed by atoms with E-state index >= 15 is 0 Å². The van der Waals surface area contributed by atoms with Crippen LogP contribution in [0.15, 0.2) is 30.3 Å². The monoisotopic (exact) mass is 265 g/mol. The molecule has 0 aliphatic heterocycles. The molecule has 0 spiro atoms. The van der Waals surface area contributed by atoms with Gasteiger partial charge < -0.3 is 10.1 Å². The molecule has 1 aromatic rings. The smallest absolute Gasteiger partial charge is 0.323 e. The number of benzene rings is 1. The second-order valence-corrected chi connectivity index (χ2v) is 5.55. The molecule has 18 heavy (non-hydrogen) atoms. The number of nitrogens with one attached hydrogen (secondary N) is 1. The molecule has 0 amide bonds. The van der Waals surface area contributed by atoms with Crippen molar-refractivity contribution < 1.29 is 9.53 Å². The highest BCUT2D eigenvalue weighted by Gasteiger charge is 2.28. The first-order valence-electron chi connectivity index (χ1n) is 6.25. The zero-order valence-electron chi connectivity index (χ0n) is 10.6. The lowest BCUT2D eigenvalue weighted by atomic mass is 10.2. The molecule has 1 aliphatic rings. The summed E-state index contributed by atoms with van der Waals surface area (Å²) in [6.07, 6.45) is 2.35. The first-order chi connectivity index (χ1) is 8.79. The lowest BCUT2D eigenvalue weighted by molar-refractivity contribution is -0.142. The van der Waals surface area contributed by atoms with E-state index in [1.54, 1.807) is 11.8 Å². The lowest BCUT2D eigenvalue weighted by Gasteiger charge is -2.15. The molecule has 1 fully saturated rings. The summed E-state index contributed by atoms with van der Waals surface area (Å²) in [6, 6.07) is 10.7. The largest absolute Gasteiger partial charge is 0.468 e. The molecule has 4 heteroatoms. The number of carbonyl (C=O) groups is 1. The van der Waals surface area contributed by atoms with Gasteiger partial charge in [0.1, 0.15) is 6.04 Å². The van der Waals surface area contributed by atoms with Crippen LogP contribution < -0.4 is 5.32 Å². The van der Waals surface area contributed by atoms with E-state index in [2.05, 4.69) is 17.4 Å². The molecule has 0 radical (unpaired) electrons. The van der Waals surface area contributed by atoms with Gasteiger partial charge in [0.25, 0.3) is 0 Å². The van der Waals surface area contributed by atoms with Crippen LogP contribution in [-0.2, 0) is 15.3 Å². The van der Waals surface area contributed by atoms with E-state index < -0.39 is 0 Å². The summed E-state index contributed by atoms with van der Waals surface area (Å²) in [6.45, 7) is 0. The SMILES string of the molecule is COC(=O)C(CSCc1ccccc1)NC1CC1. The Kier molecular flexibility index (Phi) is 5.08. The van der Waals surface area contributed by atoms with Gasteiger partial charge in [-0.05, 0) is 18.4 Å². The Labute approximate surface area is 112 Å². The van der Waals surface area contributed by atoms with Crippen LogP contribution in [0, 0.1) is 0 Å². The van der Waals surface area contributed by atoms with Gasteiger partial charge >= 0.3 is 5.97 Å². The number of esters is 1. The number of ether oxygens (including phenoxy) is 1. The van der Waals surface area contributed by atoms with Crippen molar-refractivity contribution in [1.82, 2.24) is 5.32 Å². The number of rotatable bonds is 7. The number of carbonyl (C=O) groups excluding carboxylic acids is 1. The highest BCUT2D eigenvalue weighted by Crippen LogP contribution is 2.21. The average Bonchev–Trinajstić information content (AvgIpc) is 3.22. The highest BCUT2D eigenvalue weighted by molar-refractivity contribution is 7.98. The number of thioether (sulfide) groups is 1. The molecule has 3 nitrogen and oxygen atoms in total. The minimum atomic E-state index is -0.170. The van der Waals surface area contributed by atoms with Crippen LogP contribution in [0.4, 0.5) is 0 Å². The number of methoxy groups -OCH3 is 1. The summed E-state index contributed by atoms with van der Waals surface area (Å²) < 4.78 is 4.83. The van der Waals surface area contributed by atoms with Crippen molar-refractivity contribution in [2.45, 2.75) is 30.7 Å². The third-order valence-electron chi connectivity index (χ3n) is 2.90. The van der Waals surface area contributed by atoms with Crippen molar-refractivity contribution in [2.24, 2.45) is 0 Å². The van der Waals surface area contributed by atoms with Gasteiger partial charge in [-0.25, -0.2) is 0 Å². The van der Waals surface area contributed by atoms with Crippen LogP contribution in [0.25, 0.3) is 0 Å². The quantitative estimate of drug-likeness (QED) is 0.767. The molecule has 1 N–H and O–H groups in total. The fraction of sp³-hybridized carbons (Fsp3) is 0.500. The summed E-state index contributed by atoms with van der Waals surface area (Å²) in [5, 5.41) is 3.33. The van der Waals surface area contributed by atoms with Crippen LogP contribution in [0.3, 0.4) is 0 Å². The van der Waals surface area contributed by atoms with Crippen LogP contribution >= 0.6 is 11.8 Å². The molecule has 0 aromatic heterocycles. The molecular weight excluding hydrogens is 246 g/mol. The van der Waals surface area contributed by atoms with Crippen LogP contribution in [0.2, 0.25) is 0 Å².